The molecule has 4 aromatic rings. The second kappa shape index (κ2) is 7.21. The molecule has 0 aliphatic carbocycles. The number of aromatic nitrogens is 3. The number of H-pyrrole nitrogens is 1. The number of hydrogen-bond donors (Lipinski definition) is 2. The van der Waals surface area contributed by atoms with Crippen LogP contribution >= 0.6 is 11.6 Å². The lowest BCUT2D eigenvalue weighted by molar-refractivity contribution is 0.641. The van der Waals surface area contributed by atoms with Crippen molar-refractivity contribution in [3.63, 3.8) is 0 Å². The van der Waals surface area contributed by atoms with Crippen LogP contribution in [0.5, 0.6) is 0 Å². The Labute approximate surface area is 151 Å². The van der Waals surface area contributed by atoms with E-state index in [-0.39, 0.29) is 0 Å². The van der Waals surface area contributed by atoms with Crippen molar-refractivity contribution in [1.82, 2.24) is 20.3 Å². The molecule has 0 saturated heterocycles. The summed E-state index contributed by atoms with van der Waals surface area (Å²) < 4.78 is 0. The van der Waals surface area contributed by atoms with Gasteiger partial charge >= 0.3 is 0 Å². The molecule has 0 atom stereocenters. The quantitative estimate of drug-likeness (QED) is 0.398. The van der Waals surface area contributed by atoms with E-state index in [9.17, 15) is 0 Å². The van der Waals surface area contributed by atoms with Gasteiger partial charge in [0.05, 0.1) is 16.6 Å². The number of aromatic amines is 1. The zero-order valence-corrected chi connectivity index (χ0v) is 14.6. The minimum absolute atomic E-state index is 0.573. The SMILES string of the molecule is Clc1nc2ccccc2cc1CNCCCc1nc2ccccc2[nH]1. The fourth-order valence-electron chi connectivity index (χ4n) is 2.99. The average Bonchev–Trinajstić information content (AvgIpc) is 3.04. The van der Waals surface area contributed by atoms with E-state index in [2.05, 4.69) is 38.5 Å². The molecule has 0 bridgehead atoms. The zero-order valence-electron chi connectivity index (χ0n) is 13.8. The summed E-state index contributed by atoms with van der Waals surface area (Å²) in [6, 6.07) is 18.3. The van der Waals surface area contributed by atoms with Gasteiger partial charge in [-0.05, 0) is 37.2 Å². The van der Waals surface area contributed by atoms with Crippen LogP contribution in [-0.2, 0) is 13.0 Å². The lowest BCUT2D eigenvalue weighted by atomic mass is 10.1. The van der Waals surface area contributed by atoms with Gasteiger partial charge in [-0.25, -0.2) is 9.97 Å². The number of imidazole rings is 1. The first-order valence-corrected chi connectivity index (χ1v) is 8.86. The molecule has 0 aliphatic heterocycles. The number of rotatable bonds is 6. The number of para-hydroxylation sites is 3. The first-order valence-electron chi connectivity index (χ1n) is 8.48. The maximum atomic E-state index is 6.29. The van der Waals surface area contributed by atoms with E-state index in [0.717, 1.165) is 59.3 Å². The predicted molar refractivity (Wildman–Crippen MR) is 103 cm³/mol. The van der Waals surface area contributed by atoms with Crippen LogP contribution in [0, 0.1) is 0 Å². The molecule has 0 amide bonds. The molecule has 0 unspecified atom stereocenters. The molecular formula is C20H19ClN4. The minimum atomic E-state index is 0.573. The van der Waals surface area contributed by atoms with Crippen LogP contribution in [0.25, 0.3) is 21.9 Å². The van der Waals surface area contributed by atoms with Gasteiger partial charge in [-0.1, -0.05) is 41.9 Å². The Hall–Kier alpha value is -2.43. The lowest BCUT2D eigenvalue weighted by Crippen LogP contribution is -2.16. The van der Waals surface area contributed by atoms with Crippen LogP contribution in [0.3, 0.4) is 0 Å². The average molecular weight is 351 g/mol. The van der Waals surface area contributed by atoms with E-state index in [1.165, 1.54) is 0 Å². The summed E-state index contributed by atoms with van der Waals surface area (Å²) >= 11 is 6.29. The number of halogens is 1. The van der Waals surface area contributed by atoms with Gasteiger partial charge < -0.3 is 10.3 Å². The van der Waals surface area contributed by atoms with Crippen molar-refractivity contribution < 1.29 is 0 Å². The van der Waals surface area contributed by atoms with Crippen LogP contribution in [0.15, 0.2) is 54.6 Å². The van der Waals surface area contributed by atoms with Gasteiger partial charge in [0, 0.05) is 23.9 Å². The molecule has 2 N–H and O–H groups in total. The van der Waals surface area contributed by atoms with Gasteiger partial charge in [0.15, 0.2) is 0 Å². The van der Waals surface area contributed by atoms with Crippen LogP contribution in [-0.4, -0.2) is 21.5 Å². The third-order valence-corrected chi connectivity index (χ3v) is 4.60. The first-order chi connectivity index (χ1) is 12.3. The van der Waals surface area contributed by atoms with Crippen molar-refractivity contribution >= 4 is 33.5 Å². The van der Waals surface area contributed by atoms with E-state index in [4.69, 9.17) is 11.6 Å². The standard InChI is InChI=1S/C20H19ClN4/c21-20-15(12-14-6-1-2-7-16(14)25-20)13-22-11-5-10-19-23-17-8-3-4-9-18(17)24-19/h1-4,6-9,12,22H,5,10-11,13H2,(H,23,24). The van der Waals surface area contributed by atoms with E-state index < -0.39 is 0 Å². The highest BCUT2D eigenvalue weighted by molar-refractivity contribution is 6.30. The Morgan fingerprint density at radius 2 is 1.76 bits per heavy atom. The predicted octanol–water partition coefficient (Wildman–Crippen LogP) is 4.49. The van der Waals surface area contributed by atoms with E-state index in [1.54, 1.807) is 0 Å². The van der Waals surface area contributed by atoms with E-state index >= 15 is 0 Å². The Bertz CT molecular complexity index is 976. The summed E-state index contributed by atoms with van der Waals surface area (Å²) in [7, 11) is 0. The highest BCUT2D eigenvalue weighted by Crippen LogP contribution is 2.20. The summed E-state index contributed by atoms with van der Waals surface area (Å²) in [6.07, 6.45) is 1.93. The van der Waals surface area contributed by atoms with Gasteiger partial charge in [0.1, 0.15) is 11.0 Å². The molecule has 5 heteroatoms. The third-order valence-electron chi connectivity index (χ3n) is 4.27. The smallest absolute Gasteiger partial charge is 0.134 e. The van der Waals surface area contributed by atoms with Crippen LogP contribution < -0.4 is 5.32 Å². The molecule has 126 valence electrons. The van der Waals surface area contributed by atoms with Gasteiger partial charge in [-0.2, -0.15) is 0 Å². The highest BCUT2D eigenvalue weighted by Gasteiger charge is 2.05. The molecular weight excluding hydrogens is 332 g/mol. The Morgan fingerprint density at radius 1 is 0.960 bits per heavy atom. The third kappa shape index (κ3) is 3.65. The summed E-state index contributed by atoms with van der Waals surface area (Å²) in [6.45, 7) is 1.62. The van der Waals surface area contributed by atoms with Crippen molar-refractivity contribution in [3.05, 3.63) is 71.1 Å². The fourth-order valence-corrected chi connectivity index (χ4v) is 3.20. The highest BCUT2D eigenvalue weighted by atomic mass is 35.5. The normalized spacial score (nSPS) is 11.4. The molecule has 2 aromatic heterocycles. The molecule has 0 saturated carbocycles. The molecule has 4 rings (SSSR count). The Morgan fingerprint density at radius 3 is 2.64 bits per heavy atom. The molecule has 25 heavy (non-hydrogen) atoms. The summed E-state index contributed by atoms with van der Waals surface area (Å²) in [5, 5.41) is 5.13. The van der Waals surface area contributed by atoms with Gasteiger partial charge in [-0.15, -0.1) is 0 Å². The van der Waals surface area contributed by atoms with Crippen LogP contribution in [0.4, 0.5) is 0 Å². The number of hydrogen-bond acceptors (Lipinski definition) is 3. The Balaban J connectivity index is 1.31. The van der Waals surface area contributed by atoms with Gasteiger partial charge in [0.25, 0.3) is 0 Å². The van der Waals surface area contributed by atoms with Crippen molar-refractivity contribution in [3.8, 4) is 0 Å². The topological polar surface area (TPSA) is 53.6 Å². The van der Waals surface area contributed by atoms with Crippen molar-refractivity contribution in [2.75, 3.05) is 6.54 Å². The number of aryl methyl sites for hydroxylation is 1. The number of nitrogens with one attached hydrogen (secondary N) is 2. The molecule has 0 aliphatic rings. The zero-order chi connectivity index (χ0) is 17.1. The van der Waals surface area contributed by atoms with E-state index in [0.29, 0.717) is 5.15 Å². The second-order valence-corrected chi connectivity index (χ2v) is 6.47. The number of pyridine rings is 1. The van der Waals surface area contributed by atoms with Crippen LogP contribution in [0.1, 0.15) is 17.8 Å². The fraction of sp³-hybridized carbons (Fsp3) is 0.200. The van der Waals surface area contributed by atoms with Crippen molar-refractivity contribution in [2.24, 2.45) is 0 Å². The number of nitrogens with zero attached hydrogens (tertiary/aromatic N) is 2. The first kappa shape index (κ1) is 16.1. The summed E-state index contributed by atoms with van der Waals surface area (Å²) in [5.74, 6) is 1.04. The number of fused-ring (bicyclic) bond motifs is 2. The second-order valence-electron chi connectivity index (χ2n) is 6.11. The van der Waals surface area contributed by atoms with Crippen molar-refractivity contribution in [2.45, 2.75) is 19.4 Å². The summed E-state index contributed by atoms with van der Waals surface area (Å²) in [5.41, 5.74) is 4.09. The van der Waals surface area contributed by atoms with Crippen LogP contribution in [0.2, 0.25) is 5.15 Å². The number of benzene rings is 2. The molecule has 0 spiro atoms. The monoisotopic (exact) mass is 350 g/mol. The lowest BCUT2D eigenvalue weighted by Gasteiger charge is -2.07. The van der Waals surface area contributed by atoms with E-state index in [1.807, 2.05) is 36.4 Å². The Kier molecular flexibility index (Phi) is 4.63. The molecule has 2 aromatic carbocycles. The molecule has 0 radical (unpaired) electrons. The van der Waals surface area contributed by atoms with Gasteiger partial charge in [0.2, 0.25) is 0 Å². The maximum absolute atomic E-state index is 6.29. The maximum Gasteiger partial charge on any atom is 0.134 e. The molecule has 0 fully saturated rings. The van der Waals surface area contributed by atoms with Gasteiger partial charge in [-0.3, -0.25) is 0 Å². The summed E-state index contributed by atoms with van der Waals surface area (Å²) in [4.78, 5) is 12.4. The largest absolute Gasteiger partial charge is 0.342 e. The van der Waals surface area contributed by atoms with Crippen molar-refractivity contribution in [1.29, 1.82) is 0 Å². The molecule has 4 nitrogen and oxygen atoms in total. The minimum Gasteiger partial charge on any atom is -0.342 e. The molecule has 2 heterocycles.